The second kappa shape index (κ2) is 9.08. The lowest BCUT2D eigenvalue weighted by molar-refractivity contribution is -0.110. The fourth-order valence-corrected chi connectivity index (χ4v) is 7.83. The van der Waals surface area contributed by atoms with E-state index in [1.54, 1.807) is 0 Å². The van der Waals surface area contributed by atoms with Crippen LogP contribution in [0, 0.1) is 0 Å². The third-order valence-corrected chi connectivity index (χ3v) is 9.48. The number of carbonyl (C=O) groups is 1. The van der Waals surface area contributed by atoms with E-state index in [4.69, 9.17) is 0 Å². The van der Waals surface area contributed by atoms with E-state index in [0.717, 1.165) is 15.9 Å². The number of thioether (sulfide) groups is 1. The molecule has 0 amide bonds. The summed E-state index contributed by atoms with van der Waals surface area (Å²) in [4.78, 5) is 17.3. The second-order valence-electron chi connectivity index (χ2n) is 6.40. The monoisotopic (exact) mass is 417 g/mol. The Labute approximate surface area is 174 Å². The predicted octanol–water partition coefficient (Wildman–Crippen LogP) is 3.26. The van der Waals surface area contributed by atoms with Gasteiger partial charge in [-0.25, -0.2) is 4.98 Å². The number of nitrogens with zero attached hydrogens (tertiary/aromatic N) is 2. The molecule has 0 radical (unpaired) electrons. The molecule has 0 aliphatic rings. The van der Waals surface area contributed by atoms with Crippen molar-refractivity contribution < 1.29 is 4.79 Å². The summed E-state index contributed by atoms with van der Waals surface area (Å²) in [7, 11) is 0. The molecule has 0 aliphatic heterocycles. The van der Waals surface area contributed by atoms with E-state index in [0.29, 0.717) is 10.9 Å². The van der Waals surface area contributed by atoms with Gasteiger partial charge in [0.25, 0.3) is 0 Å². The van der Waals surface area contributed by atoms with Gasteiger partial charge in [-0.15, -0.1) is 0 Å². The van der Waals surface area contributed by atoms with Crippen molar-refractivity contribution in [2.45, 2.75) is 5.16 Å². The van der Waals surface area contributed by atoms with Crippen molar-refractivity contribution in [3.8, 4) is 0 Å². The number of carbonyl (C=O) groups excluding carboxylic acids is 1. The van der Waals surface area contributed by atoms with Gasteiger partial charge in [-0.05, 0) is 28.6 Å². The average Bonchev–Trinajstić information content (AvgIpc) is 3.32. The van der Waals surface area contributed by atoms with Gasteiger partial charge in [0.2, 0.25) is 0 Å². The number of aromatic amines is 1. The lowest BCUT2D eigenvalue weighted by atomic mass is 10.4. The minimum absolute atomic E-state index is 0.0799. The van der Waals surface area contributed by atoms with E-state index in [1.165, 1.54) is 18.1 Å². The number of hydrogen-bond acceptors (Lipinski definition) is 4. The summed E-state index contributed by atoms with van der Waals surface area (Å²) in [5, 5.41) is 10.8. The maximum absolute atomic E-state index is 13.2. The summed E-state index contributed by atoms with van der Waals surface area (Å²) in [6, 6.07) is 31.0. The first-order valence-electron chi connectivity index (χ1n) is 9.21. The van der Waals surface area contributed by atoms with Crippen molar-refractivity contribution >= 4 is 46.1 Å². The smallest absolute Gasteiger partial charge is 0.183 e. The molecule has 0 unspecified atom stereocenters. The first kappa shape index (κ1) is 19.4. The van der Waals surface area contributed by atoms with Crippen LogP contribution in [0.25, 0.3) is 0 Å². The molecule has 144 valence electrons. The standard InChI is InChI=1S/C23H20N3OPS/c27-19(17-29-23-24-18-25-26-23)16-28(20-10-4-1-5-11-20,21-12-6-2-7-13-21)22-14-8-3-9-15-22/h1-16,18H,17H2,(H,24,25,26). The van der Waals surface area contributed by atoms with E-state index < -0.39 is 6.89 Å². The summed E-state index contributed by atoms with van der Waals surface area (Å²) in [6.07, 6.45) is 1.45. The van der Waals surface area contributed by atoms with Gasteiger partial charge in [0.05, 0.1) is 5.75 Å². The highest BCUT2D eigenvalue weighted by atomic mass is 32.2. The third kappa shape index (κ3) is 4.26. The molecule has 3 aromatic carbocycles. The summed E-state index contributed by atoms with van der Waals surface area (Å²) in [6.45, 7) is -2.25. The van der Waals surface area contributed by atoms with Crippen LogP contribution in [-0.4, -0.2) is 32.5 Å². The number of hydrogen-bond donors (Lipinski definition) is 1. The molecule has 1 heterocycles. The Morgan fingerprint density at radius 1 is 0.828 bits per heavy atom. The molecule has 1 aromatic heterocycles. The molecular weight excluding hydrogens is 397 g/mol. The number of H-pyrrole nitrogens is 1. The number of aromatic nitrogens is 3. The Balaban J connectivity index is 1.89. The van der Waals surface area contributed by atoms with Crippen molar-refractivity contribution in [1.29, 1.82) is 0 Å². The lowest BCUT2D eigenvalue weighted by Crippen LogP contribution is -2.28. The summed E-state index contributed by atoms with van der Waals surface area (Å²) >= 11 is 1.37. The minimum atomic E-state index is -2.25. The molecule has 4 rings (SSSR count). The van der Waals surface area contributed by atoms with Crippen LogP contribution >= 0.6 is 18.6 Å². The van der Waals surface area contributed by atoms with Crippen molar-refractivity contribution in [3.63, 3.8) is 0 Å². The normalized spacial score (nSPS) is 11.2. The largest absolute Gasteiger partial charge is 0.294 e. The Kier molecular flexibility index (Phi) is 6.09. The summed E-state index contributed by atoms with van der Waals surface area (Å²) < 4.78 is 0. The van der Waals surface area contributed by atoms with Crippen molar-refractivity contribution in [1.82, 2.24) is 15.2 Å². The van der Waals surface area contributed by atoms with E-state index in [-0.39, 0.29) is 5.78 Å². The van der Waals surface area contributed by atoms with Gasteiger partial charge in [0.1, 0.15) is 6.33 Å². The van der Waals surface area contributed by atoms with Gasteiger partial charge in [-0.1, -0.05) is 103 Å². The van der Waals surface area contributed by atoms with Crippen LogP contribution in [0.3, 0.4) is 0 Å². The number of ketones is 1. The van der Waals surface area contributed by atoms with Crippen LogP contribution in [0.2, 0.25) is 0 Å². The van der Waals surface area contributed by atoms with Crippen molar-refractivity contribution in [2.24, 2.45) is 0 Å². The molecule has 0 saturated carbocycles. The number of Topliss-reactive ketones (excluding diaryl/α,β-unsaturated/α-hetero) is 1. The first-order valence-corrected chi connectivity index (χ1v) is 12.1. The fraction of sp³-hybridized carbons (Fsp3) is 0.0435. The van der Waals surface area contributed by atoms with Crippen LogP contribution in [-0.2, 0) is 4.79 Å². The average molecular weight is 417 g/mol. The maximum atomic E-state index is 13.2. The number of nitrogens with one attached hydrogen (secondary N) is 1. The predicted molar refractivity (Wildman–Crippen MR) is 123 cm³/mol. The highest BCUT2D eigenvalue weighted by molar-refractivity contribution is 8.00. The van der Waals surface area contributed by atoms with E-state index in [2.05, 4.69) is 51.6 Å². The quantitative estimate of drug-likeness (QED) is 0.370. The van der Waals surface area contributed by atoms with Gasteiger partial charge in [-0.2, -0.15) is 5.10 Å². The maximum Gasteiger partial charge on any atom is 0.183 e. The third-order valence-electron chi connectivity index (χ3n) is 4.57. The molecule has 4 nitrogen and oxygen atoms in total. The molecule has 6 heteroatoms. The van der Waals surface area contributed by atoms with Gasteiger partial charge in [0.15, 0.2) is 10.9 Å². The first-order chi connectivity index (χ1) is 14.3. The van der Waals surface area contributed by atoms with E-state index in [9.17, 15) is 4.79 Å². The minimum Gasteiger partial charge on any atom is -0.294 e. The van der Waals surface area contributed by atoms with E-state index >= 15 is 0 Å². The molecule has 29 heavy (non-hydrogen) atoms. The van der Waals surface area contributed by atoms with Gasteiger partial charge < -0.3 is 0 Å². The molecule has 4 aromatic rings. The molecule has 0 bridgehead atoms. The van der Waals surface area contributed by atoms with Crippen LogP contribution < -0.4 is 15.9 Å². The van der Waals surface area contributed by atoms with Gasteiger partial charge in [-0.3, -0.25) is 9.89 Å². The van der Waals surface area contributed by atoms with Crippen molar-refractivity contribution in [2.75, 3.05) is 5.75 Å². The van der Waals surface area contributed by atoms with Crippen LogP contribution in [0.5, 0.6) is 0 Å². The summed E-state index contributed by atoms with van der Waals surface area (Å²) in [5.41, 5.74) is 0. The Bertz CT molecular complexity index is 1010. The zero-order valence-corrected chi connectivity index (χ0v) is 17.4. The van der Waals surface area contributed by atoms with Crippen LogP contribution in [0.15, 0.2) is 102 Å². The zero-order chi connectivity index (χ0) is 19.9. The van der Waals surface area contributed by atoms with Crippen LogP contribution in [0.1, 0.15) is 0 Å². The SMILES string of the molecule is O=C(C=P(c1ccccc1)(c1ccccc1)c1ccccc1)CSc1ncn[nH]1. The fourth-order valence-electron chi connectivity index (χ4n) is 3.32. The molecule has 0 aliphatic carbocycles. The Morgan fingerprint density at radius 2 is 1.31 bits per heavy atom. The van der Waals surface area contributed by atoms with E-state index in [1.807, 2.05) is 60.4 Å². The summed E-state index contributed by atoms with van der Waals surface area (Å²) in [5.74, 6) is 2.34. The lowest BCUT2D eigenvalue weighted by Gasteiger charge is -2.28. The Morgan fingerprint density at radius 3 is 1.72 bits per heavy atom. The molecule has 0 saturated heterocycles. The number of benzene rings is 3. The molecule has 1 N–H and O–H groups in total. The molecule has 0 spiro atoms. The zero-order valence-electron chi connectivity index (χ0n) is 15.7. The van der Waals surface area contributed by atoms with Gasteiger partial charge in [0, 0.05) is 0 Å². The second-order valence-corrected chi connectivity index (χ2v) is 10.6. The molecule has 0 fully saturated rings. The highest BCUT2D eigenvalue weighted by Gasteiger charge is 2.26. The number of rotatable bonds is 7. The van der Waals surface area contributed by atoms with Crippen molar-refractivity contribution in [3.05, 3.63) is 97.3 Å². The topological polar surface area (TPSA) is 58.6 Å². The Hall–Kier alpha value is -2.88. The molecule has 0 atom stereocenters. The van der Waals surface area contributed by atoms with Crippen LogP contribution in [0.4, 0.5) is 0 Å². The molecular formula is C23H20N3OPS. The van der Waals surface area contributed by atoms with Gasteiger partial charge >= 0.3 is 0 Å². The highest BCUT2D eigenvalue weighted by Crippen LogP contribution is 2.43.